The number of hydrogen-bond acceptors (Lipinski definition) is 2. The Balaban J connectivity index is 1.70. The number of amides is 1. The number of rotatable bonds is 6. The van der Waals surface area contributed by atoms with Crippen molar-refractivity contribution in [1.82, 2.24) is 4.57 Å². The van der Waals surface area contributed by atoms with Gasteiger partial charge in [-0.25, -0.2) is 0 Å². The average molecular weight is 407 g/mol. The number of halogens is 1. The summed E-state index contributed by atoms with van der Waals surface area (Å²) in [5.74, 6) is -1.06. The quantitative estimate of drug-likeness (QED) is 0.440. The number of carboxylic acid groups (broad SMARTS) is 1. The van der Waals surface area contributed by atoms with E-state index in [4.69, 9.17) is 16.7 Å². The molecule has 0 radical (unpaired) electrons. The van der Waals surface area contributed by atoms with E-state index in [1.165, 1.54) is 0 Å². The second-order valence-electron chi connectivity index (χ2n) is 6.83. The molecule has 0 aliphatic rings. The first-order valence-corrected chi connectivity index (χ1v) is 9.71. The summed E-state index contributed by atoms with van der Waals surface area (Å²) in [6.07, 6.45) is 0.675. The highest BCUT2D eigenvalue weighted by molar-refractivity contribution is 6.34. The number of benzene rings is 3. The minimum Gasteiger partial charge on any atom is -0.481 e. The SMILES string of the molecule is O=C(O)CCCn1c2ccccc2c2cc(NC(=O)c3ccccc3Cl)ccc21. The molecule has 0 unspecified atom stereocenters. The second-order valence-corrected chi connectivity index (χ2v) is 7.24. The molecule has 6 heteroatoms. The topological polar surface area (TPSA) is 71.3 Å². The summed E-state index contributed by atoms with van der Waals surface area (Å²) in [6, 6.07) is 20.7. The molecule has 3 aromatic carbocycles. The highest BCUT2D eigenvalue weighted by atomic mass is 35.5. The van der Waals surface area contributed by atoms with Crippen LogP contribution < -0.4 is 5.32 Å². The van der Waals surface area contributed by atoms with Crippen LogP contribution in [-0.4, -0.2) is 21.6 Å². The summed E-state index contributed by atoms with van der Waals surface area (Å²) in [5.41, 5.74) is 3.15. The molecule has 1 heterocycles. The van der Waals surface area contributed by atoms with Crippen LogP contribution in [0.15, 0.2) is 66.7 Å². The van der Waals surface area contributed by atoms with Crippen LogP contribution in [0.5, 0.6) is 0 Å². The van der Waals surface area contributed by atoms with Crippen LogP contribution in [0, 0.1) is 0 Å². The van der Waals surface area contributed by atoms with E-state index in [0.29, 0.717) is 29.2 Å². The summed E-state index contributed by atoms with van der Waals surface area (Å²) in [4.78, 5) is 23.5. The number of aromatic nitrogens is 1. The number of carboxylic acids is 1. The van der Waals surface area contributed by atoms with E-state index in [0.717, 1.165) is 21.8 Å². The van der Waals surface area contributed by atoms with Crippen LogP contribution in [0.3, 0.4) is 0 Å². The molecular weight excluding hydrogens is 388 g/mol. The molecule has 29 heavy (non-hydrogen) atoms. The lowest BCUT2D eigenvalue weighted by atomic mass is 10.1. The van der Waals surface area contributed by atoms with Gasteiger partial charge in [-0.1, -0.05) is 41.9 Å². The lowest BCUT2D eigenvalue weighted by Gasteiger charge is -2.09. The van der Waals surface area contributed by atoms with Gasteiger partial charge >= 0.3 is 5.97 Å². The van der Waals surface area contributed by atoms with Crippen molar-refractivity contribution in [1.29, 1.82) is 0 Å². The number of para-hydroxylation sites is 1. The van der Waals surface area contributed by atoms with Crippen molar-refractivity contribution in [3.05, 3.63) is 77.3 Å². The Hall–Kier alpha value is -3.31. The lowest BCUT2D eigenvalue weighted by Crippen LogP contribution is -2.12. The Bertz CT molecular complexity index is 1230. The molecule has 4 rings (SSSR count). The Morgan fingerprint density at radius 2 is 1.66 bits per heavy atom. The molecule has 0 aliphatic carbocycles. The predicted molar refractivity (Wildman–Crippen MR) is 116 cm³/mol. The largest absolute Gasteiger partial charge is 0.481 e. The zero-order chi connectivity index (χ0) is 20.4. The fourth-order valence-electron chi connectivity index (χ4n) is 3.60. The zero-order valence-electron chi connectivity index (χ0n) is 15.6. The highest BCUT2D eigenvalue weighted by Gasteiger charge is 2.14. The van der Waals surface area contributed by atoms with Crippen molar-refractivity contribution in [2.45, 2.75) is 19.4 Å². The maximum absolute atomic E-state index is 12.6. The van der Waals surface area contributed by atoms with E-state index in [2.05, 4.69) is 9.88 Å². The molecular formula is C23H19ClN2O3. The average Bonchev–Trinajstić information content (AvgIpc) is 3.01. The Morgan fingerprint density at radius 3 is 2.45 bits per heavy atom. The van der Waals surface area contributed by atoms with Gasteiger partial charge in [-0.15, -0.1) is 0 Å². The lowest BCUT2D eigenvalue weighted by molar-refractivity contribution is -0.137. The second kappa shape index (κ2) is 7.97. The number of carbonyl (C=O) groups excluding carboxylic acids is 1. The Labute approximate surface area is 172 Å². The summed E-state index contributed by atoms with van der Waals surface area (Å²) in [7, 11) is 0. The third-order valence-electron chi connectivity index (χ3n) is 4.92. The van der Waals surface area contributed by atoms with Crippen molar-refractivity contribution in [2.75, 3.05) is 5.32 Å². The van der Waals surface area contributed by atoms with Crippen LogP contribution in [0.4, 0.5) is 5.69 Å². The van der Waals surface area contributed by atoms with Crippen LogP contribution in [0.25, 0.3) is 21.8 Å². The number of fused-ring (bicyclic) bond motifs is 3. The van der Waals surface area contributed by atoms with Gasteiger partial charge in [0.05, 0.1) is 10.6 Å². The fraction of sp³-hybridized carbons (Fsp3) is 0.130. The van der Waals surface area contributed by atoms with Crippen molar-refractivity contribution in [3.8, 4) is 0 Å². The molecule has 4 aromatic rings. The van der Waals surface area contributed by atoms with Crippen LogP contribution in [0.1, 0.15) is 23.2 Å². The third-order valence-corrected chi connectivity index (χ3v) is 5.25. The van der Waals surface area contributed by atoms with Gasteiger partial charge in [0.2, 0.25) is 0 Å². The zero-order valence-corrected chi connectivity index (χ0v) is 16.3. The van der Waals surface area contributed by atoms with E-state index in [1.807, 2.05) is 42.5 Å². The molecule has 0 saturated heterocycles. The standard InChI is InChI=1S/C23H19ClN2O3/c24-19-8-3-1-7-17(19)23(29)25-15-11-12-21-18(14-15)16-6-2-4-9-20(16)26(21)13-5-10-22(27)28/h1-4,6-9,11-12,14H,5,10,13H2,(H,25,29)(H,27,28). The van der Waals surface area contributed by atoms with Gasteiger partial charge in [-0.3, -0.25) is 9.59 Å². The molecule has 0 aliphatic heterocycles. The predicted octanol–water partition coefficient (Wildman–Crippen LogP) is 5.57. The number of hydrogen-bond donors (Lipinski definition) is 2. The Morgan fingerprint density at radius 1 is 0.931 bits per heavy atom. The first kappa shape index (κ1) is 19.0. The molecule has 0 fully saturated rings. The van der Waals surface area contributed by atoms with E-state index in [1.54, 1.807) is 24.3 Å². The van der Waals surface area contributed by atoms with Gasteiger partial charge in [-0.2, -0.15) is 0 Å². The fourth-order valence-corrected chi connectivity index (χ4v) is 3.83. The molecule has 0 atom stereocenters. The molecule has 0 bridgehead atoms. The minimum absolute atomic E-state index is 0.125. The number of carbonyl (C=O) groups is 2. The highest BCUT2D eigenvalue weighted by Crippen LogP contribution is 2.31. The first-order valence-electron chi connectivity index (χ1n) is 9.33. The number of nitrogens with one attached hydrogen (secondary N) is 1. The maximum atomic E-state index is 12.6. The summed E-state index contributed by atoms with van der Waals surface area (Å²) in [5, 5.41) is 14.3. The number of aryl methyl sites for hydroxylation is 1. The monoisotopic (exact) mass is 406 g/mol. The molecule has 0 spiro atoms. The molecule has 1 amide bonds. The van der Waals surface area contributed by atoms with E-state index < -0.39 is 5.97 Å². The van der Waals surface area contributed by atoms with Gasteiger partial charge < -0.3 is 15.0 Å². The van der Waals surface area contributed by atoms with Gasteiger partial charge in [0.15, 0.2) is 0 Å². The van der Waals surface area contributed by atoms with E-state index in [9.17, 15) is 9.59 Å². The van der Waals surface area contributed by atoms with Crippen LogP contribution >= 0.6 is 11.6 Å². The number of anilines is 1. The molecule has 2 N–H and O–H groups in total. The maximum Gasteiger partial charge on any atom is 0.303 e. The normalized spacial score (nSPS) is 11.1. The van der Waals surface area contributed by atoms with E-state index >= 15 is 0 Å². The Kier molecular flexibility index (Phi) is 5.23. The van der Waals surface area contributed by atoms with Crippen molar-refractivity contribution in [3.63, 3.8) is 0 Å². The molecule has 1 aromatic heterocycles. The molecule has 0 saturated carbocycles. The van der Waals surface area contributed by atoms with Crippen molar-refractivity contribution in [2.24, 2.45) is 0 Å². The van der Waals surface area contributed by atoms with Gasteiger partial charge in [-0.05, 0) is 42.8 Å². The van der Waals surface area contributed by atoms with Crippen molar-refractivity contribution < 1.29 is 14.7 Å². The summed E-state index contributed by atoms with van der Waals surface area (Å²) >= 11 is 6.13. The van der Waals surface area contributed by atoms with Crippen LogP contribution in [-0.2, 0) is 11.3 Å². The van der Waals surface area contributed by atoms with E-state index in [-0.39, 0.29) is 12.3 Å². The van der Waals surface area contributed by atoms with Crippen LogP contribution in [0.2, 0.25) is 5.02 Å². The molecule has 146 valence electrons. The third kappa shape index (κ3) is 3.82. The molecule has 5 nitrogen and oxygen atoms in total. The summed E-state index contributed by atoms with van der Waals surface area (Å²) < 4.78 is 2.13. The number of aliphatic carboxylic acids is 1. The minimum atomic E-state index is -0.796. The van der Waals surface area contributed by atoms with Gasteiger partial charge in [0, 0.05) is 40.5 Å². The number of nitrogens with zero attached hydrogens (tertiary/aromatic N) is 1. The summed E-state index contributed by atoms with van der Waals surface area (Å²) in [6.45, 7) is 0.613. The smallest absolute Gasteiger partial charge is 0.303 e. The van der Waals surface area contributed by atoms with Gasteiger partial charge in [0.25, 0.3) is 5.91 Å². The van der Waals surface area contributed by atoms with Crippen molar-refractivity contribution >= 4 is 51.0 Å². The first-order chi connectivity index (χ1) is 14.0. The van der Waals surface area contributed by atoms with Gasteiger partial charge in [0.1, 0.15) is 0 Å².